The molecule has 0 spiro atoms. The lowest BCUT2D eigenvalue weighted by Gasteiger charge is -1.96. The second kappa shape index (κ2) is 4.08. The summed E-state index contributed by atoms with van der Waals surface area (Å²) in [6.07, 6.45) is 2.18. The maximum atomic E-state index is 11.8. The van der Waals surface area contributed by atoms with E-state index in [1.54, 1.807) is 0 Å². The molecule has 6 nitrogen and oxygen atoms in total. The number of nitrogens with one attached hydrogen (secondary N) is 2. The zero-order chi connectivity index (χ0) is 11.8. The summed E-state index contributed by atoms with van der Waals surface area (Å²) in [6.45, 7) is 0.465. The van der Waals surface area contributed by atoms with Crippen LogP contribution in [-0.2, 0) is 0 Å². The highest BCUT2D eigenvalue weighted by Gasteiger charge is 2.27. The average Bonchev–Trinajstić information content (AvgIpc) is 3.07. The van der Waals surface area contributed by atoms with Gasteiger partial charge in [0, 0.05) is 12.5 Å². The zero-order valence-corrected chi connectivity index (χ0v) is 9.88. The third kappa shape index (κ3) is 2.03. The van der Waals surface area contributed by atoms with E-state index >= 15 is 0 Å². The van der Waals surface area contributed by atoms with E-state index < -0.39 is 0 Å². The number of hydrogen-bond acceptors (Lipinski definition) is 6. The van der Waals surface area contributed by atoms with Gasteiger partial charge >= 0.3 is 0 Å². The number of aromatic amines is 1. The molecular weight excluding hydrogens is 240 g/mol. The third-order valence-corrected chi connectivity index (χ3v) is 3.64. The lowest BCUT2D eigenvalue weighted by Crippen LogP contribution is -2.09. The Balaban J connectivity index is 2.02. The summed E-state index contributed by atoms with van der Waals surface area (Å²) in [5.41, 5.74) is 0.382. The van der Waals surface area contributed by atoms with Crippen LogP contribution in [0.4, 0.5) is 5.13 Å². The summed E-state index contributed by atoms with van der Waals surface area (Å²) >= 11 is 1.27. The van der Waals surface area contributed by atoms with Crippen molar-refractivity contribution in [2.75, 3.05) is 18.5 Å². The fraction of sp³-hybridized carbons (Fsp3) is 0.500. The summed E-state index contributed by atoms with van der Waals surface area (Å²) in [5.74, 6) is 1.16. The molecule has 3 rings (SSSR count). The lowest BCUT2D eigenvalue weighted by molar-refractivity contribution is 0.311. The van der Waals surface area contributed by atoms with Gasteiger partial charge in [-0.15, -0.1) is 0 Å². The smallest absolute Gasteiger partial charge is 0.292 e. The van der Waals surface area contributed by atoms with Crippen molar-refractivity contribution in [2.24, 2.45) is 0 Å². The van der Waals surface area contributed by atoms with Gasteiger partial charge in [0.2, 0.25) is 0 Å². The second-order valence-corrected chi connectivity index (χ2v) is 5.05. The van der Waals surface area contributed by atoms with Gasteiger partial charge in [-0.1, -0.05) is 11.3 Å². The first kappa shape index (κ1) is 10.7. The van der Waals surface area contributed by atoms with E-state index in [-0.39, 0.29) is 12.2 Å². The molecule has 1 aliphatic carbocycles. The molecule has 0 atom stereocenters. The van der Waals surface area contributed by atoms with E-state index in [9.17, 15) is 4.79 Å². The lowest BCUT2D eigenvalue weighted by atomic mass is 10.4. The molecule has 90 valence electrons. The van der Waals surface area contributed by atoms with E-state index in [1.807, 2.05) is 0 Å². The van der Waals surface area contributed by atoms with Gasteiger partial charge in [-0.05, 0) is 12.8 Å². The Kier molecular flexibility index (Phi) is 2.56. The number of rotatable bonds is 4. The molecule has 0 amide bonds. The first-order valence-corrected chi connectivity index (χ1v) is 6.35. The van der Waals surface area contributed by atoms with Gasteiger partial charge in [0.25, 0.3) is 5.56 Å². The second-order valence-electron chi connectivity index (χ2n) is 4.05. The van der Waals surface area contributed by atoms with Gasteiger partial charge in [-0.3, -0.25) is 4.79 Å². The maximum Gasteiger partial charge on any atom is 0.292 e. The number of aliphatic hydroxyl groups is 1. The zero-order valence-electron chi connectivity index (χ0n) is 9.06. The molecule has 2 aromatic heterocycles. The van der Waals surface area contributed by atoms with Crippen LogP contribution < -0.4 is 10.9 Å². The fourth-order valence-corrected chi connectivity index (χ4v) is 2.48. The van der Waals surface area contributed by atoms with Crippen molar-refractivity contribution in [1.29, 1.82) is 0 Å². The molecule has 0 aromatic carbocycles. The number of nitrogens with zero attached hydrogens (tertiary/aromatic N) is 2. The average molecular weight is 252 g/mol. The Morgan fingerprint density at radius 1 is 1.47 bits per heavy atom. The number of aromatic nitrogens is 3. The Morgan fingerprint density at radius 3 is 3.00 bits per heavy atom. The van der Waals surface area contributed by atoms with E-state index in [0.29, 0.717) is 27.9 Å². The summed E-state index contributed by atoms with van der Waals surface area (Å²) in [4.78, 5) is 23.2. The van der Waals surface area contributed by atoms with E-state index in [2.05, 4.69) is 20.3 Å². The molecule has 0 aliphatic heterocycles. The minimum absolute atomic E-state index is 0.0371. The predicted molar refractivity (Wildman–Crippen MR) is 65.6 cm³/mol. The van der Waals surface area contributed by atoms with Crippen LogP contribution in [0.5, 0.6) is 0 Å². The Bertz CT molecular complexity index is 602. The minimum Gasteiger partial charge on any atom is -0.395 e. The van der Waals surface area contributed by atoms with Gasteiger partial charge < -0.3 is 15.4 Å². The van der Waals surface area contributed by atoms with Crippen LogP contribution in [0.3, 0.4) is 0 Å². The molecule has 2 aromatic rings. The number of fused-ring (bicyclic) bond motifs is 1. The molecule has 1 aliphatic rings. The topological polar surface area (TPSA) is 90.9 Å². The van der Waals surface area contributed by atoms with Crippen LogP contribution in [0, 0.1) is 0 Å². The van der Waals surface area contributed by atoms with Gasteiger partial charge in [-0.2, -0.15) is 4.98 Å². The molecule has 2 heterocycles. The van der Waals surface area contributed by atoms with Crippen molar-refractivity contribution in [2.45, 2.75) is 18.8 Å². The molecular formula is C10H12N4O2S. The number of hydrogen-bond donors (Lipinski definition) is 3. The summed E-state index contributed by atoms with van der Waals surface area (Å²) in [5, 5.41) is 12.3. The van der Waals surface area contributed by atoms with Crippen molar-refractivity contribution in [3.8, 4) is 0 Å². The highest BCUT2D eigenvalue weighted by atomic mass is 32.1. The summed E-state index contributed by atoms with van der Waals surface area (Å²) < 4.78 is 0.537. The first-order chi connectivity index (χ1) is 8.28. The van der Waals surface area contributed by atoms with Crippen LogP contribution in [0.15, 0.2) is 4.79 Å². The molecule has 1 fully saturated rings. The van der Waals surface area contributed by atoms with Gasteiger partial charge in [0.1, 0.15) is 10.5 Å². The largest absolute Gasteiger partial charge is 0.395 e. The molecule has 1 saturated carbocycles. The van der Waals surface area contributed by atoms with Crippen LogP contribution in [0.1, 0.15) is 24.6 Å². The van der Waals surface area contributed by atoms with Crippen LogP contribution in [0.25, 0.3) is 10.3 Å². The number of anilines is 1. The molecule has 3 N–H and O–H groups in total. The van der Waals surface area contributed by atoms with Crippen molar-refractivity contribution in [1.82, 2.24) is 15.0 Å². The van der Waals surface area contributed by atoms with Gasteiger partial charge in [0.05, 0.1) is 6.61 Å². The Morgan fingerprint density at radius 2 is 2.29 bits per heavy atom. The standard InChI is InChI=1S/C10H12N4O2S/c15-4-3-11-10-14-8-6(17-10)9(16)13-7(12-8)5-1-2-5/h5,15H,1-4H2,(H2,11,12,13,14,16). The monoisotopic (exact) mass is 252 g/mol. The molecule has 0 radical (unpaired) electrons. The molecule has 7 heteroatoms. The van der Waals surface area contributed by atoms with Crippen LogP contribution in [0.2, 0.25) is 0 Å². The predicted octanol–water partition coefficient (Wildman–Crippen LogP) is 0.661. The maximum absolute atomic E-state index is 11.8. The summed E-state index contributed by atoms with van der Waals surface area (Å²) in [7, 11) is 0. The van der Waals surface area contributed by atoms with Crippen LogP contribution >= 0.6 is 11.3 Å². The van der Waals surface area contributed by atoms with Gasteiger partial charge in [0.15, 0.2) is 10.8 Å². The Labute approximate surface area is 101 Å². The van der Waals surface area contributed by atoms with Gasteiger partial charge in [-0.25, -0.2) is 4.98 Å². The summed E-state index contributed by atoms with van der Waals surface area (Å²) in [6, 6.07) is 0. The molecule has 0 unspecified atom stereocenters. The SMILES string of the molecule is O=c1nc(C2CC2)[nH]c2nc(NCCO)sc12. The van der Waals surface area contributed by atoms with E-state index in [4.69, 9.17) is 5.11 Å². The highest BCUT2D eigenvalue weighted by molar-refractivity contribution is 7.22. The normalized spacial score (nSPS) is 15.4. The molecule has 17 heavy (non-hydrogen) atoms. The van der Waals surface area contributed by atoms with E-state index in [0.717, 1.165) is 18.7 Å². The molecule has 0 bridgehead atoms. The van der Waals surface area contributed by atoms with Crippen molar-refractivity contribution >= 4 is 26.8 Å². The Hall–Kier alpha value is -1.47. The van der Waals surface area contributed by atoms with Crippen molar-refractivity contribution < 1.29 is 5.11 Å². The highest BCUT2D eigenvalue weighted by Crippen LogP contribution is 2.38. The number of H-pyrrole nitrogens is 1. The van der Waals surface area contributed by atoms with Crippen molar-refractivity contribution in [3.05, 3.63) is 16.2 Å². The molecule has 0 saturated heterocycles. The quantitative estimate of drug-likeness (QED) is 0.743. The fourth-order valence-electron chi connectivity index (χ4n) is 1.65. The van der Waals surface area contributed by atoms with E-state index in [1.165, 1.54) is 11.3 Å². The van der Waals surface area contributed by atoms with Crippen molar-refractivity contribution in [3.63, 3.8) is 0 Å². The van der Waals surface area contributed by atoms with Crippen LogP contribution in [-0.4, -0.2) is 33.2 Å². The third-order valence-electron chi connectivity index (χ3n) is 2.64. The minimum atomic E-state index is -0.213. The number of thiazole rings is 1. The first-order valence-electron chi connectivity index (χ1n) is 5.53. The number of aliphatic hydroxyl groups excluding tert-OH is 1.